The Balaban J connectivity index is 2.16. The van der Waals surface area contributed by atoms with E-state index in [2.05, 4.69) is 5.32 Å². The van der Waals surface area contributed by atoms with Crippen LogP contribution in [0.15, 0.2) is 29.2 Å². The summed E-state index contributed by atoms with van der Waals surface area (Å²) in [7, 11) is -3.81. The van der Waals surface area contributed by atoms with Crippen LogP contribution in [0.1, 0.15) is 23.7 Å². The molecule has 1 aromatic rings. The lowest BCUT2D eigenvalue weighted by Gasteiger charge is -2.24. The van der Waals surface area contributed by atoms with E-state index in [4.69, 9.17) is 0 Å². The van der Waals surface area contributed by atoms with Crippen molar-refractivity contribution in [3.63, 3.8) is 0 Å². The molecule has 1 fully saturated rings. The Morgan fingerprint density at radius 1 is 1.22 bits per heavy atom. The molecule has 1 atom stereocenters. The summed E-state index contributed by atoms with van der Waals surface area (Å²) in [5.74, 6) is -0.443. The van der Waals surface area contributed by atoms with Crippen LogP contribution < -0.4 is 5.32 Å². The molecule has 0 unspecified atom stereocenters. The van der Waals surface area contributed by atoms with Gasteiger partial charge in [0.05, 0.1) is 21.9 Å². The molecule has 128 valence electrons. The van der Waals surface area contributed by atoms with Gasteiger partial charge in [0.25, 0.3) is 5.91 Å². The largest absolute Gasteiger partial charge is 0.346 e. The number of nitrogens with zero attached hydrogens (tertiary/aromatic N) is 1. The van der Waals surface area contributed by atoms with Crippen LogP contribution in [0.25, 0.3) is 0 Å². The molecule has 1 aromatic carbocycles. The Kier molecular flexibility index (Phi) is 4.57. The summed E-state index contributed by atoms with van der Waals surface area (Å²) in [6.45, 7) is 1.69. The normalized spacial score (nSPS) is 23.8. The Morgan fingerprint density at radius 3 is 2.22 bits per heavy atom. The van der Waals surface area contributed by atoms with Crippen LogP contribution in [0, 0.1) is 0 Å². The van der Waals surface area contributed by atoms with E-state index >= 15 is 0 Å². The minimum atomic E-state index is -3.55. The van der Waals surface area contributed by atoms with Crippen molar-refractivity contribution in [2.45, 2.75) is 23.8 Å². The molecule has 0 bridgehead atoms. The van der Waals surface area contributed by atoms with Gasteiger partial charge in [0.15, 0.2) is 9.84 Å². The average Bonchev–Trinajstić information content (AvgIpc) is 2.72. The number of carbonyl (C=O) groups is 1. The fraction of sp³-hybridized carbons (Fsp3) is 0.500. The van der Waals surface area contributed by atoms with E-state index in [0.717, 1.165) is 4.31 Å². The first-order valence-electron chi connectivity index (χ1n) is 7.01. The van der Waals surface area contributed by atoms with Gasteiger partial charge >= 0.3 is 0 Å². The van der Waals surface area contributed by atoms with Crippen molar-refractivity contribution >= 4 is 25.8 Å². The third-order valence-corrected chi connectivity index (χ3v) is 7.55. The summed E-state index contributed by atoms with van der Waals surface area (Å²) < 4.78 is 48.2. The van der Waals surface area contributed by atoms with Crippen molar-refractivity contribution in [1.82, 2.24) is 9.62 Å². The molecular weight excluding hydrogens is 340 g/mol. The number of sulfonamides is 1. The van der Waals surface area contributed by atoms with Crippen molar-refractivity contribution in [2.75, 3.05) is 25.6 Å². The lowest BCUT2D eigenvalue weighted by atomic mass is 10.0. The molecule has 1 saturated heterocycles. The van der Waals surface area contributed by atoms with Crippen LogP contribution in [-0.2, 0) is 19.9 Å². The Bertz CT molecular complexity index is 813. The highest BCUT2D eigenvalue weighted by Gasteiger charge is 2.39. The fourth-order valence-electron chi connectivity index (χ4n) is 2.44. The summed E-state index contributed by atoms with van der Waals surface area (Å²) in [5, 5.41) is 2.73. The second kappa shape index (κ2) is 5.88. The molecule has 1 heterocycles. The van der Waals surface area contributed by atoms with Gasteiger partial charge in [-0.3, -0.25) is 4.79 Å². The van der Waals surface area contributed by atoms with E-state index in [9.17, 15) is 21.6 Å². The van der Waals surface area contributed by atoms with Crippen molar-refractivity contribution in [2.24, 2.45) is 0 Å². The van der Waals surface area contributed by atoms with Crippen molar-refractivity contribution in [1.29, 1.82) is 0 Å². The molecule has 0 radical (unpaired) electrons. The summed E-state index contributed by atoms with van der Waals surface area (Å²) in [5.41, 5.74) is -0.502. The maximum atomic E-state index is 12.2. The van der Waals surface area contributed by atoms with Crippen molar-refractivity contribution < 1.29 is 21.6 Å². The lowest BCUT2D eigenvalue weighted by Crippen LogP contribution is -2.46. The summed E-state index contributed by atoms with van der Waals surface area (Å²) >= 11 is 0. The second-order valence-corrected chi connectivity index (χ2v) is 10.5. The van der Waals surface area contributed by atoms with E-state index in [0.29, 0.717) is 6.42 Å². The minimum Gasteiger partial charge on any atom is -0.346 e. The van der Waals surface area contributed by atoms with Gasteiger partial charge in [-0.2, -0.15) is 0 Å². The van der Waals surface area contributed by atoms with Crippen LogP contribution in [0.3, 0.4) is 0 Å². The van der Waals surface area contributed by atoms with Crippen LogP contribution in [-0.4, -0.2) is 58.2 Å². The number of carbonyl (C=O) groups excluding carboxylic acids is 1. The molecule has 0 spiro atoms. The molecule has 0 aliphatic carbocycles. The SMILES string of the molecule is CN(C)S(=O)(=O)c1ccc(C(=O)N[C@@]2(C)CCS(=O)(=O)C2)cc1. The molecule has 9 heteroatoms. The maximum absolute atomic E-state index is 12.2. The zero-order valence-corrected chi connectivity index (χ0v) is 14.9. The highest BCUT2D eigenvalue weighted by Crippen LogP contribution is 2.23. The fourth-order valence-corrected chi connectivity index (χ4v) is 5.44. The number of rotatable bonds is 4. The topological polar surface area (TPSA) is 101 Å². The summed E-state index contributed by atoms with van der Waals surface area (Å²) in [4.78, 5) is 12.3. The molecule has 1 N–H and O–H groups in total. The van der Waals surface area contributed by atoms with Gasteiger partial charge < -0.3 is 5.32 Å². The number of amides is 1. The standard InChI is InChI=1S/C14H20N2O5S2/c1-14(8-9-22(18,19)10-14)15-13(17)11-4-6-12(7-5-11)23(20,21)16(2)3/h4-7H,8-10H2,1-3H3,(H,15,17)/t14-/m0/s1. The number of sulfone groups is 1. The van der Waals surface area contributed by atoms with Crippen LogP contribution in [0.2, 0.25) is 0 Å². The number of benzene rings is 1. The average molecular weight is 360 g/mol. The first kappa shape index (κ1) is 17.9. The monoisotopic (exact) mass is 360 g/mol. The van der Waals surface area contributed by atoms with Gasteiger partial charge in [-0.25, -0.2) is 21.1 Å². The zero-order chi connectivity index (χ0) is 17.5. The summed E-state index contributed by atoms with van der Waals surface area (Å²) in [6, 6.07) is 5.55. The van der Waals surface area contributed by atoms with E-state index in [1.54, 1.807) is 6.92 Å². The Morgan fingerprint density at radius 2 is 1.78 bits per heavy atom. The van der Waals surface area contributed by atoms with Gasteiger partial charge in [-0.1, -0.05) is 0 Å². The van der Waals surface area contributed by atoms with Gasteiger partial charge in [0.1, 0.15) is 0 Å². The molecule has 7 nitrogen and oxygen atoms in total. The third-order valence-electron chi connectivity index (χ3n) is 3.81. The van der Waals surface area contributed by atoms with E-state index in [-0.39, 0.29) is 22.0 Å². The zero-order valence-electron chi connectivity index (χ0n) is 13.2. The lowest BCUT2D eigenvalue weighted by molar-refractivity contribution is 0.0915. The van der Waals surface area contributed by atoms with Gasteiger partial charge in [0.2, 0.25) is 10.0 Å². The highest BCUT2D eigenvalue weighted by atomic mass is 32.2. The Labute approximate surface area is 136 Å². The smallest absolute Gasteiger partial charge is 0.251 e. The van der Waals surface area contributed by atoms with E-state index < -0.39 is 31.3 Å². The van der Waals surface area contributed by atoms with Crippen molar-refractivity contribution in [3.8, 4) is 0 Å². The summed E-state index contributed by atoms with van der Waals surface area (Å²) in [6.07, 6.45) is 0.369. The first-order chi connectivity index (χ1) is 10.5. The maximum Gasteiger partial charge on any atom is 0.251 e. The van der Waals surface area contributed by atoms with Gasteiger partial charge in [-0.05, 0) is 37.6 Å². The minimum absolute atomic E-state index is 0.0593. The molecule has 1 aliphatic rings. The first-order valence-corrected chi connectivity index (χ1v) is 10.3. The van der Waals surface area contributed by atoms with Crippen LogP contribution >= 0.6 is 0 Å². The highest BCUT2D eigenvalue weighted by molar-refractivity contribution is 7.91. The molecule has 0 saturated carbocycles. The number of hydrogen-bond donors (Lipinski definition) is 1. The number of hydrogen-bond acceptors (Lipinski definition) is 5. The second-order valence-electron chi connectivity index (χ2n) is 6.17. The number of nitrogens with one attached hydrogen (secondary N) is 1. The van der Waals surface area contributed by atoms with Crippen molar-refractivity contribution in [3.05, 3.63) is 29.8 Å². The third kappa shape index (κ3) is 3.91. The molecule has 23 heavy (non-hydrogen) atoms. The quantitative estimate of drug-likeness (QED) is 0.829. The predicted molar refractivity (Wildman–Crippen MR) is 86.5 cm³/mol. The van der Waals surface area contributed by atoms with E-state index in [1.165, 1.54) is 38.4 Å². The molecule has 0 aromatic heterocycles. The van der Waals surface area contributed by atoms with Crippen LogP contribution in [0.4, 0.5) is 0 Å². The molecular formula is C14H20N2O5S2. The molecule has 1 aliphatic heterocycles. The van der Waals surface area contributed by atoms with E-state index in [1.807, 2.05) is 0 Å². The molecule has 1 amide bonds. The van der Waals surface area contributed by atoms with Crippen LogP contribution in [0.5, 0.6) is 0 Å². The Hall–Kier alpha value is -1.45. The van der Waals surface area contributed by atoms with Gasteiger partial charge in [0, 0.05) is 19.7 Å². The predicted octanol–water partition coefficient (Wildman–Crippen LogP) is 0.244. The molecule has 2 rings (SSSR count). The van der Waals surface area contributed by atoms with Gasteiger partial charge in [-0.15, -0.1) is 0 Å².